The van der Waals surface area contributed by atoms with Crippen molar-refractivity contribution >= 4 is 17.7 Å². The lowest BCUT2D eigenvalue weighted by atomic mass is 10.0. The molecule has 0 spiro atoms. The number of nitrogens with one attached hydrogen (secondary N) is 1. The topological polar surface area (TPSA) is 41.6 Å². The van der Waals surface area contributed by atoms with Crippen LogP contribution in [0.4, 0.5) is 5.69 Å². The number of rotatable bonds is 7. The second-order valence-electron chi connectivity index (χ2n) is 8.57. The molecule has 1 heterocycles. The van der Waals surface area contributed by atoms with Gasteiger partial charge in [-0.25, -0.2) is 0 Å². The third-order valence-electron chi connectivity index (χ3n) is 6.34. The number of ether oxygens (including phenoxy) is 1. The third kappa shape index (κ3) is 6.11. The summed E-state index contributed by atoms with van der Waals surface area (Å²) in [4.78, 5) is 15.0. The largest absolute Gasteiger partial charge is 0.497 e. The molecular weight excluding hydrogens is 408 g/mol. The van der Waals surface area contributed by atoms with Crippen molar-refractivity contribution in [2.75, 3.05) is 25.5 Å². The molecule has 1 amide bonds. The maximum atomic E-state index is 12.5. The van der Waals surface area contributed by atoms with Crippen molar-refractivity contribution in [3.05, 3.63) is 90.0 Å². The van der Waals surface area contributed by atoms with E-state index >= 15 is 0 Å². The lowest BCUT2D eigenvalue weighted by Crippen LogP contribution is -2.32. The van der Waals surface area contributed by atoms with Crippen LogP contribution in [0.5, 0.6) is 5.75 Å². The first-order valence-electron chi connectivity index (χ1n) is 11.7. The van der Waals surface area contributed by atoms with E-state index in [-0.39, 0.29) is 5.91 Å². The Morgan fingerprint density at radius 3 is 2.36 bits per heavy atom. The first-order chi connectivity index (χ1) is 16.1. The molecule has 1 unspecified atom stereocenters. The Kier molecular flexibility index (Phi) is 7.59. The van der Waals surface area contributed by atoms with E-state index in [1.165, 1.54) is 37.9 Å². The molecule has 0 aliphatic carbocycles. The van der Waals surface area contributed by atoms with Crippen molar-refractivity contribution < 1.29 is 9.53 Å². The molecule has 1 atom stereocenters. The first-order valence-corrected chi connectivity index (χ1v) is 11.7. The van der Waals surface area contributed by atoms with Gasteiger partial charge >= 0.3 is 0 Å². The van der Waals surface area contributed by atoms with Gasteiger partial charge in [-0.3, -0.25) is 9.69 Å². The summed E-state index contributed by atoms with van der Waals surface area (Å²) in [6.45, 7) is 4.61. The monoisotopic (exact) mass is 440 g/mol. The van der Waals surface area contributed by atoms with E-state index in [1.54, 1.807) is 13.2 Å². The van der Waals surface area contributed by atoms with Gasteiger partial charge in [-0.05, 0) is 91.5 Å². The van der Waals surface area contributed by atoms with Crippen LogP contribution in [0.1, 0.15) is 43.4 Å². The number of benzene rings is 3. The van der Waals surface area contributed by atoms with Crippen LogP contribution in [-0.4, -0.2) is 31.0 Å². The Balaban J connectivity index is 1.36. The Morgan fingerprint density at radius 2 is 1.67 bits per heavy atom. The molecule has 0 saturated carbocycles. The number of carbonyl (C=O) groups excluding carboxylic acids is 1. The van der Waals surface area contributed by atoms with Gasteiger partial charge in [0.25, 0.3) is 0 Å². The van der Waals surface area contributed by atoms with Crippen LogP contribution >= 0.6 is 0 Å². The fraction of sp³-hybridized carbons (Fsp3) is 0.276. The molecule has 3 aromatic rings. The smallest absolute Gasteiger partial charge is 0.248 e. The highest BCUT2D eigenvalue weighted by molar-refractivity contribution is 6.02. The minimum Gasteiger partial charge on any atom is -0.497 e. The lowest BCUT2D eigenvalue weighted by Gasteiger charge is -2.32. The van der Waals surface area contributed by atoms with Crippen LogP contribution in [0.25, 0.3) is 17.2 Å². The molecule has 170 valence electrons. The zero-order valence-corrected chi connectivity index (χ0v) is 19.5. The number of methoxy groups -OCH3 is 1. The van der Waals surface area contributed by atoms with Crippen molar-refractivity contribution in [1.82, 2.24) is 4.90 Å². The zero-order chi connectivity index (χ0) is 23.0. The number of nitrogens with zero attached hydrogens (tertiary/aromatic N) is 1. The van der Waals surface area contributed by atoms with Gasteiger partial charge in [-0.2, -0.15) is 0 Å². The lowest BCUT2D eigenvalue weighted by molar-refractivity contribution is -0.111. The number of anilines is 1. The molecule has 0 radical (unpaired) electrons. The predicted octanol–water partition coefficient (Wildman–Crippen LogP) is 6.56. The number of hydrogen-bond acceptors (Lipinski definition) is 3. The maximum absolute atomic E-state index is 12.5. The minimum absolute atomic E-state index is 0.137. The number of hydrogen-bond donors (Lipinski definition) is 1. The van der Waals surface area contributed by atoms with Crippen molar-refractivity contribution in [3.63, 3.8) is 0 Å². The van der Waals surface area contributed by atoms with Crippen LogP contribution in [0.15, 0.2) is 78.9 Å². The quantitative estimate of drug-likeness (QED) is 0.423. The van der Waals surface area contributed by atoms with Crippen LogP contribution in [0, 0.1) is 0 Å². The van der Waals surface area contributed by atoms with Crippen LogP contribution < -0.4 is 10.1 Å². The molecule has 33 heavy (non-hydrogen) atoms. The highest BCUT2D eigenvalue weighted by Gasteiger charge is 2.17. The highest BCUT2D eigenvalue weighted by atomic mass is 16.5. The molecular formula is C29H32N2O2. The molecule has 4 nitrogen and oxygen atoms in total. The van der Waals surface area contributed by atoms with Gasteiger partial charge in [-0.1, -0.05) is 48.9 Å². The number of likely N-dealkylation sites (tertiary alicyclic amines) is 1. The fourth-order valence-corrected chi connectivity index (χ4v) is 4.32. The summed E-state index contributed by atoms with van der Waals surface area (Å²) in [6.07, 6.45) is 7.34. The second kappa shape index (κ2) is 11.0. The molecule has 1 saturated heterocycles. The Bertz CT molecular complexity index is 1080. The number of carbonyl (C=O) groups is 1. The molecule has 1 aliphatic rings. The predicted molar refractivity (Wildman–Crippen MR) is 136 cm³/mol. The normalized spacial score (nSPS) is 15.3. The average Bonchev–Trinajstić information content (AvgIpc) is 2.88. The summed E-state index contributed by atoms with van der Waals surface area (Å²) in [5.41, 5.74) is 5.28. The van der Waals surface area contributed by atoms with Gasteiger partial charge < -0.3 is 10.1 Å². The summed E-state index contributed by atoms with van der Waals surface area (Å²) in [7, 11) is 1.66. The molecule has 0 bridgehead atoms. The third-order valence-corrected chi connectivity index (χ3v) is 6.34. The van der Waals surface area contributed by atoms with Crippen molar-refractivity contribution in [3.8, 4) is 16.9 Å². The van der Waals surface area contributed by atoms with E-state index < -0.39 is 0 Å². The fourth-order valence-electron chi connectivity index (χ4n) is 4.32. The molecule has 3 aromatic carbocycles. The van der Waals surface area contributed by atoms with Gasteiger partial charge in [0.15, 0.2) is 0 Å². The number of amides is 1. The van der Waals surface area contributed by atoms with Crippen molar-refractivity contribution in [2.45, 2.75) is 32.2 Å². The number of piperidine rings is 1. The van der Waals surface area contributed by atoms with Gasteiger partial charge in [0.1, 0.15) is 5.75 Å². The summed E-state index contributed by atoms with van der Waals surface area (Å²) < 4.78 is 5.23. The first kappa shape index (κ1) is 22.8. The van der Waals surface area contributed by atoms with E-state index in [4.69, 9.17) is 4.74 Å². The highest BCUT2D eigenvalue weighted by Crippen LogP contribution is 2.26. The average molecular weight is 441 g/mol. The molecule has 4 rings (SSSR count). The van der Waals surface area contributed by atoms with Crippen LogP contribution in [0.3, 0.4) is 0 Å². The van der Waals surface area contributed by atoms with E-state index in [1.807, 2.05) is 54.6 Å². The molecule has 1 aliphatic heterocycles. The van der Waals surface area contributed by atoms with E-state index in [0.717, 1.165) is 28.1 Å². The second-order valence-corrected chi connectivity index (χ2v) is 8.57. The summed E-state index contributed by atoms with van der Waals surface area (Å²) in [5, 5.41) is 2.96. The Morgan fingerprint density at radius 1 is 0.939 bits per heavy atom. The van der Waals surface area contributed by atoms with E-state index in [2.05, 4.69) is 41.4 Å². The van der Waals surface area contributed by atoms with E-state index in [9.17, 15) is 4.79 Å². The summed E-state index contributed by atoms with van der Waals surface area (Å²) in [6, 6.07) is 24.7. The van der Waals surface area contributed by atoms with Gasteiger partial charge in [0.05, 0.1) is 7.11 Å². The van der Waals surface area contributed by atoms with Gasteiger partial charge in [-0.15, -0.1) is 0 Å². The molecule has 4 heteroatoms. The van der Waals surface area contributed by atoms with Crippen molar-refractivity contribution in [1.29, 1.82) is 0 Å². The summed E-state index contributed by atoms with van der Waals surface area (Å²) in [5.74, 6) is 0.696. The maximum Gasteiger partial charge on any atom is 0.248 e. The van der Waals surface area contributed by atoms with Crippen LogP contribution in [-0.2, 0) is 4.79 Å². The SMILES string of the molecule is COc1ccc(-c2cccc(/C=C/C(=O)Nc3ccc(C(C)N4CCCCC4)cc3)c2)cc1. The Labute approximate surface area is 196 Å². The summed E-state index contributed by atoms with van der Waals surface area (Å²) >= 11 is 0. The molecule has 0 aromatic heterocycles. The zero-order valence-electron chi connectivity index (χ0n) is 19.5. The van der Waals surface area contributed by atoms with Crippen molar-refractivity contribution in [2.24, 2.45) is 0 Å². The van der Waals surface area contributed by atoms with E-state index in [0.29, 0.717) is 6.04 Å². The van der Waals surface area contributed by atoms with Crippen LogP contribution in [0.2, 0.25) is 0 Å². The van der Waals surface area contributed by atoms with Gasteiger partial charge in [0, 0.05) is 17.8 Å². The minimum atomic E-state index is -0.137. The molecule has 1 N–H and O–H groups in total. The molecule has 1 fully saturated rings. The van der Waals surface area contributed by atoms with Gasteiger partial charge in [0.2, 0.25) is 5.91 Å². The standard InChI is InChI=1S/C29H32N2O2/c1-22(31-19-4-3-5-20-31)24-10-14-27(15-11-24)30-29(32)18-9-23-7-6-8-26(21-23)25-12-16-28(33-2)17-13-25/h6-18,21-22H,3-5,19-20H2,1-2H3,(H,30,32)/b18-9+. The Hall–Kier alpha value is -3.37.